The zero-order valence-corrected chi connectivity index (χ0v) is 20.2. The van der Waals surface area contributed by atoms with Crippen LogP contribution >= 0.6 is 0 Å². The molecule has 0 spiro atoms. The van der Waals surface area contributed by atoms with E-state index < -0.39 is 0 Å². The number of rotatable bonds is 7. The molecule has 2 heterocycles. The van der Waals surface area contributed by atoms with Gasteiger partial charge in [0.2, 0.25) is 5.95 Å². The van der Waals surface area contributed by atoms with Gasteiger partial charge in [0.05, 0.1) is 11.2 Å². The van der Waals surface area contributed by atoms with Crippen LogP contribution in [0.4, 0.5) is 11.8 Å². The minimum atomic E-state index is -0.0296. The van der Waals surface area contributed by atoms with Gasteiger partial charge in [0, 0.05) is 50.0 Å². The van der Waals surface area contributed by atoms with Gasteiger partial charge in [0.25, 0.3) is 5.91 Å². The summed E-state index contributed by atoms with van der Waals surface area (Å²) >= 11 is 0. The molecule has 0 atom stereocenters. The Labute approximate surface area is 205 Å². The molecule has 0 bridgehead atoms. The van der Waals surface area contributed by atoms with Crippen molar-refractivity contribution in [2.45, 2.75) is 31.7 Å². The Bertz CT molecular complexity index is 1280. The van der Waals surface area contributed by atoms with Crippen molar-refractivity contribution in [2.75, 3.05) is 30.9 Å². The molecular weight excluding hydrogens is 438 g/mol. The Balaban J connectivity index is 1.12. The predicted octanol–water partition coefficient (Wildman–Crippen LogP) is 4.28. The minimum absolute atomic E-state index is 0.0296. The van der Waals surface area contributed by atoms with E-state index in [1.165, 1.54) is 0 Å². The summed E-state index contributed by atoms with van der Waals surface area (Å²) in [4.78, 5) is 24.2. The van der Waals surface area contributed by atoms with Gasteiger partial charge in [0.15, 0.2) is 0 Å². The van der Waals surface area contributed by atoms with E-state index in [9.17, 15) is 4.79 Å². The molecule has 1 aliphatic carbocycles. The zero-order chi connectivity index (χ0) is 24.2. The third-order valence-corrected chi connectivity index (χ3v) is 6.64. The first-order valence-corrected chi connectivity index (χ1v) is 12.2. The van der Waals surface area contributed by atoms with Crippen LogP contribution in [-0.4, -0.2) is 52.3 Å². The molecule has 1 aliphatic rings. The van der Waals surface area contributed by atoms with E-state index in [0.29, 0.717) is 30.0 Å². The van der Waals surface area contributed by atoms with Gasteiger partial charge < -0.3 is 15.5 Å². The lowest BCUT2D eigenvalue weighted by Crippen LogP contribution is -2.34. The van der Waals surface area contributed by atoms with Gasteiger partial charge >= 0.3 is 0 Å². The molecule has 1 fully saturated rings. The van der Waals surface area contributed by atoms with Crippen LogP contribution < -0.4 is 15.5 Å². The summed E-state index contributed by atoms with van der Waals surface area (Å²) in [6.45, 7) is 0.698. The van der Waals surface area contributed by atoms with Gasteiger partial charge in [-0.05, 0) is 74.1 Å². The van der Waals surface area contributed by atoms with Crippen LogP contribution in [0.1, 0.15) is 36.0 Å². The van der Waals surface area contributed by atoms with Crippen LogP contribution in [0, 0.1) is 5.92 Å². The second-order valence-corrected chi connectivity index (χ2v) is 9.35. The number of hydrogen-bond acceptors (Lipinski definition) is 6. The fourth-order valence-corrected chi connectivity index (χ4v) is 4.68. The molecule has 180 valence electrons. The number of nitrogens with one attached hydrogen (secondary N) is 2. The quantitative estimate of drug-likeness (QED) is 0.420. The highest BCUT2D eigenvalue weighted by Gasteiger charge is 2.23. The number of hydrogen-bond donors (Lipinski definition) is 2. The van der Waals surface area contributed by atoms with Crippen molar-refractivity contribution in [1.82, 2.24) is 25.1 Å². The molecular formula is C27H31N7O. The number of anilines is 2. The van der Waals surface area contributed by atoms with Gasteiger partial charge in [-0.2, -0.15) is 10.1 Å². The maximum Gasteiger partial charge on any atom is 0.251 e. The van der Waals surface area contributed by atoms with Gasteiger partial charge in [-0.15, -0.1) is 0 Å². The van der Waals surface area contributed by atoms with Crippen LogP contribution in [0.3, 0.4) is 0 Å². The number of benzene rings is 2. The van der Waals surface area contributed by atoms with E-state index in [2.05, 4.69) is 21.8 Å². The maximum atomic E-state index is 12.6. The number of fused-ring (bicyclic) bond motifs is 1. The van der Waals surface area contributed by atoms with Crippen molar-refractivity contribution in [1.29, 1.82) is 0 Å². The monoisotopic (exact) mass is 469 g/mol. The molecule has 35 heavy (non-hydrogen) atoms. The molecule has 8 heteroatoms. The van der Waals surface area contributed by atoms with Gasteiger partial charge in [-0.3, -0.25) is 4.79 Å². The average molecular weight is 470 g/mol. The lowest BCUT2D eigenvalue weighted by Gasteiger charge is -2.29. The molecule has 5 rings (SSSR count). The van der Waals surface area contributed by atoms with Crippen molar-refractivity contribution in [3.05, 3.63) is 72.6 Å². The summed E-state index contributed by atoms with van der Waals surface area (Å²) in [7, 11) is 4.01. The fraction of sp³-hybridized carbons (Fsp3) is 0.333. The van der Waals surface area contributed by atoms with Gasteiger partial charge in [-0.25, -0.2) is 9.67 Å². The Morgan fingerprint density at radius 3 is 2.49 bits per heavy atom. The van der Waals surface area contributed by atoms with Crippen molar-refractivity contribution in [2.24, 2.45) is 5.92 Å². The lowest BCUT2D eigenvalue weighted by atomic mass is 9.86. The molecule has 0 saturated heterocycles. The number of carbonyl (C=O) groups excluding carboxylic acids is 1. The summed E-state index contributed by atoms with van der Waals surface area (Å²) in [5.74, 6) is 2.06. The van der Waals surface area contributed by atoms with Crippen LogP contribution in [0.15, 0.2) is 67.0 Å². The largest absolute Gasteiger partial charge is 0.362 e. The topological polar surface area (TPSA) is 88.0 Å². The summed E-state index contributed by atoms with van der Waals surface area (Å²) in [5.41, 5.74) is 2.55. The molecule has 0 aliphatic heterocycles. The van der Waals surface area contributed by atoms with E-state index in [-0.39, 0.29) is 5.91 Å². The highest BCUT2D eigenvalue weighted by Crippen LogP contribution is 2.28. The highest BCUT2D eigenvalue weighted by molar-refractivity contribution is 5.94. The molecule has 0 unspecified atom stereocenters. The van der Waals surface area contributed by atoms with Gasteiger partial charge in [0.1, 0.15) is 5.82 Å². The molecule has 0 radical (unpaired) electrons. The molecule has 1 saturated carbocycles. The Morgan fingerprint density at radius 1 is 1.00 bits per heavy atom. The molecule has 1 amide bonds. The van der Waals surface area contributed by atoms with Crippen LogP contribution in [0.25, 0.3) is 16.6 Å². The van der Waals surface area contributed by atoms with Crippen molar-refractivity contribution < 1.29 is 4.79 Å². The number of nitrogens with zero attached hydrogens (tertiary/aromatic N) is 5. The van der Waals surface area contributed by atoms with Crippen LogP contribution in [0.5, 0.6) is 0 Å². The number of para-hydroxylation sites is 1. The average Bonchev–Trinajstić information content (AvgIpc) is 3.43. The first-order valence-electron chi connectivity index (χ1n) is 12.2. The Hall–Kier alpha value is -3.94. The third kappa shape index (κ3) is 5.26. The second-order valence-electron chi connectivity index (χ2n) is 9.35. The van der Waals surface area contributed by atoms with Gasteiger partial charge in [-0.1, -0.05) is 12.1 Å². The van der Waals surface area contributed by atoms with Crippen molar-refractivity contribution >= 4 is 28.6 Å². The molecule has 4 aromatic rings. The van der Waals surface area contributed by atoms with Crippen LogP contribution in [0.2, 0.25) is 0 Å². The smallest absolute Gasteiger partial charge is 0.251 e. The number of amides is 1. The van der Waals surface area contributed by atoms with E-state index >= 15 is 0 Å². The number of aromatic nitrogens is 4. The molecule has 8 nitrogen and oxygen atoms in total. The summed E-state index contributed by atoms with van der Waals surface area (Å²) in [5, 5.41) is 11.9. The highest BCUT2D eigenvalue weighted by atomic mass is 16.1. The summed E-state index contributed by atoms with van der Waals surface area (Å²) in [6, 6.07) is 17.8. The predicted molar refractivity (Wildman–Crippen MR) is 139 cm³/mol. The third-order valence-electron chi connectivity index (χ3n) is 6.64. The molecule has 2 aromatic heterocycles. The first kappa shape index (κ1) is 22.8. The summed E-state index contributed by atoms with van der Waals surface area (Å²) < 4.78 is 1.78. The number of carbonyl (C=O) groups is 1. The molecule has 2 N–H and O–H groups in total. The first-order chi connectivity index (χ1) is 17.1. The van der Waals surface area contributed by atoms with Crippen LogP contribution in [-0.2, 0) is 0 Å². The SMILES string of the molecule is CN(C)c1nc(N[C@H]2CC[C@@H](CNC(=O)c3ccc(-n4cccn4)cc3)CC2)nc2ccccc12. The van der Waals surface area contributed by atoms with E-state index in [0.717, 1.165) is 48.1 Å². The lowest BCUT2D eigenvalue weighted by molar-refractivity contribution is 0.0943. The zero-order valence-electron chi connectivity index (χ0n) is 20.2. The Morgan fingerprint density at radius 2 is 1.77 bits per heavy atom. The van der Waals surface area contributed by atoms with Crippen molar-refractivity contribution in [3.63, 3.8) is 0 Å². The molecule has 2 aromatic carbocycles. The standard InChI is InChI=1S/C27H31N7O/c1-33(2)25-23-6-3-4-7-24(23)31-27(32-25)30-21-12-8-19(9-13-21)18-28-26(35)20-10-14-22(15-11-20)34-17-5-16-29-34/h3-7,10-11,14-17,19,21H,8-9,12-13,18H2,1-2H3,(H,28,35)(H,30,31,32)/t19-,21+. The van der Waals surface area contributed by atoms with Crippen molar-refractivity contribution in [3.8, 4) is 5.69 Å². The fourth-order valence-electron chi connectivity index (χ4n) is 4.68. The van der Waals surface area contributed by atoms with E-state index in [1.807, 2.05) is 73.7 Å². The Kier molecular flexibility index (Phi) is 6.61. The van der Waals surface area contributed by atoms with E-state index in [1.54, 1.807) is 10.9 Å². The maximum absolute atomic E-state index is 12.6. The minimum Gasteiger partial charge on any atom is -0.362 e. The normalized spacial score (nSPS) is 17.8. The van der Waals surface area contributed by atoms with E-state index in [4.69, 9.17) is 9.97 Å². The summed E-state index contributed by atoms with van der Waals surface area (Å²) in [6.07, 6.45) is 7.81. The second kappa shape index (κ2) is 10.1.